The predicted molar refractivity (Wildman–Crippen MR) is 128 cm³/mol. The van der Waals surface area contributed by atoms with Gasteiger partial charge in [-0.3, -0.25) is 15.5 Å². The number of rotatable bonds is 5. The molecule has 0 spiro atoms. The third kappa shape index (κ3) is 4.79. The highest BCUT2D eigenvalue weighted by atomic mass is 79.9. The summed E-state index contributed by atoms with van der Waals surface area (Å²) in [6.45, 7) is 0. The molecular weight excluding hydrogens is 474 g/mol. The normalized spacial score (nSPS) is 11.7. The van der Waals surface area contributed by atoms with Gasteiger partial charge >= 0.3 is 0 Å². The Kier molecular flexibility index (Phi) is 6.18. The van der Waals surface area contributed by atoms with Gasteiger partial charge in [0, 0.05) is 23.1 Å². The maximum atomic E-state index is 11.1. The van der Waals surface area contributed by atoms with Crippen LogP contribution in [0.25, 0.3) is 10.9 Å². The molecule has 4 aromatic rings. The average Bonchev–Trinajstić information content (AvgIpc) is 2.81. The van der Waals surface area contributed by atoms with E-state index >= 15 is 0 Å². The molecule has 2 N–H and O–H groups in total. The van der Waals surface area contributed by atoms with Gasteiger partial charge in [0.1, 0.15) is 11.4 Å². The van der Waals surface area contributed by atoms with E-state index in [1.165, 1.54) is 18.3 Å². The van der Waals surface area contributed by atoms with E-state index in [2.05, 4.69) is 36.4 Å². The van der Waals surface area contributed by atoms with Gasteiger partial charge in [0.15, 0.2) is 5.84 Å². The number of nitrogens with zero attached hydrogens (tertiary/aromatic N) is 4. The van der Waals surface area contributed by atoms with Crippen molar-refractivity contribution in [1.82, 2.24) is 10.4 Å². The largest absolute Gasteiger partial charge is 0.506 e. The number of amidine groups is 1. The number of hydrogen-bond acceptors (Lipinski definition) is 6. The van der Waals surface area contributed by atoms with Crippen LogP contribution in [0.1, 0.15) is 11.3 Å². The summed E-state index contributed by atoms with van der Waals surface area (Å²) in [5.41, 5.74) is 4.91. The Morgan fingerprint density at radius 2 is 1.81 bits per heavy atom. The fourth-order valence-corrected chi connectivity index (χ4v) is 3.40. The molecule has 8 nitrogen and oxygen atoms in total. The van der Waals surface area contributed by atoms with Crippen molar-refractivity contribution < 1.29 is 10.0 Å². The molecule has 1 heterocycles. The maximum Gasteiger partial charge on any atom is 0.271 e. The standard InChI is InChI=1S/C23H16BrN5O3/c24-19-13-18(29(31)32)12-16(22(19)30)14-25-28-23(26-17-7-2-1-3-8-17)21-11-10-15-6-4-5-9-20(15)27-21/h1-14,30H,(H,26,28)/b25-14+. The Hall–Kier alpha value is -4.11. The quantitative estimate of drug-likeness (QED) is 0.170. The SMILES string of the molecule is O=[N+]([O-])c1cc(Br)c(O)c(/C=N/NC(=Nc2ccccc2)c2ccc3ccccc3n2)c1. The third-order valence-corrected chi connectivity index (χ3v) is 5.11. The summed E-state index contributed by atoms with van der Waals surface area (Å²) < 4.78 is 0.197. The molecule has 1 aromatic heterocycles. The van der Waals surface area contributed by atoms with Crippen LogP contribution in [-0.2, 0) is 0 Å². The number of para-hydroxylation sites is 2. The molecule has 0 saturated heterocycles. The highest BCUT2D eigenvalue weighted by molar-refractivity contribution is 9.10. The van der Waals surface area contributed by atoms with Gasteiger partial charge < -0.3 is 5.11 Å². The first-order valence-electron chi connectivity index (χ1n) is 9.47. The molecule has 158 valence electrons. The molecule has 4 rings (SSSR count). The van der Waals surface area contributed by atoms with Gasteiger partial charge in [-0.2, -0.15) is 5.10 Å². The second-order valence-corrected chi connectivity index (χ2v) is 7.53. The Labute approximate surface area is 191 Å². The Morgan fingerprint density at radius 1 is 1.06 bits per heavy atom. The van der Waals surface area contributed by atoms with Crippen molar-refractivity contribution in [3.8, 4) is 5.75 Å². The van der Waals surface area contributed by atoms with Crippen molar-refractivity contribution >= 4 is 50.3 Å². The van der Waals surface area contributed by atoms with Gasteiger partial charge in [-0.25, -0.2) is 9.98 Å². The zero-order valence-electron chi connectivity index (χ0n) is 16.5. The van der Waals surface area contributed by atoms with Gasteiger partial charge in [-0.05, 0) is 40.2 Å². The predicted octanol–water partition coefficient (Wildman–Crippen LogP) is 5.31. The number of non-ortho nitro benzene ring substituents is 1. The van der Waals surface area contributed by atoms with Crippen LogP contribution in [0.4, 0.5) is 11.4 Å². The van der Waals surface area contributed by atoms with Crippen molar-refractivity contribution in [3.63, 3.8) is 0 Å². The number of aliphatic imine (C=N–C) groups is 1. The Balaban J connectivity index is 1.70. The molecule has 0 fully saturated rings. The van der Waals surface area contributed by atoms with Crippen LogP contribution in [-0.4, -0.2) is 27.1 Å². The number of pyridine rings is 1. The van der Waals surface area contributed by atoms with E-state index in [1.807, 2.05) is 66.7 Å². The molecule has 0 unspecified atom stereocenters. The smallest absolute Gasteiger partial charge is 0.271 e. The molecule has 0 aliphatic rings. The number of hydrogen-bond donors (Lipinski definition) is 2. The summed E-state index contributed by atoms with van der Waals surface area (Å²) in [7, 11) is 0. The summed E-state index contributed by atoms with van der Waals surface area (Å²) in [6, 6.07) is 23.2. The third-order valence-electron chi connectivity index (χ3n) is 4.50. The fourth-order valence-electron chi connectivity index (χ4n) is 2.94. The number of fused-ring (bicyclic) bond motifs is 1. The molecule has 0 aliphatic carbocycles. The van der Waals surface area contributed by atoms with Crippen LogP contribution < -0.4 is 5.43 Å². The number of nitro benzene ring substituents is 1. The summed E-state index contributed by atoms with van der Waals surface area (Å²) in [5.74, 6) is 0.216. The van der Waals surface area contributed by atoms with Crippen molar-refractivity contribution in [2.45, 2.75) is 0 Å². The van der Waals surface area contributed by atoms with E-state index in [0.29, 0.717) is 17.2 Å². The number of hydrazone groups is 1. The molecule has 0 bridgehead atoms. The number of benzene rings is 3. The number of aromatic hydroxyl groups is 1. The molecule has 3 aromatic carbocycles. The molecule has 0 atom stereocenters. The van der Waals surface area contributed by atoms with Gasteiger partial charge in [-0.15, -0.1) is 0 Å². The highest BCUT2D eigenvalue weighted by Crippen LogP contribution is 2.31. The van der Waals surface area contributed by atoms with E-state index in [9.17, 15) is 15.2 Å². The van der Waals surface area contributed by atoms with Crippen molar-refractivity contribution in [2.75, 3.05) is 0 Å². The molecule has 9 heteroatoms. The monoisotopic (exact) mass is 489 g/mol. The number of phenolic OH excluding ortho intramolecular Hbond substituents is 1. The van der Waals surface area contributed by atoms with Crippen molar-refractivity contribution in [3.05, 3.63) is 105 Å². The number of halogens is 1. The summed E-state index contributed by atoms with van der Waals surface area (Å²) in [4.78, 5) is 19.8. The van der Waals surface area contributed by atoms with E-state index in [1.54, 1.807) is 0 Å². The number of nitro groups is 1. The topological polar surface area (TPSA) is 113 Å². The second kappa shape index (κ2) is 9.36. The minimum absolute atomic E-state index is 0.161. The highest BCUT2D eigenvalue weighted by Gasteiger charge is 2.14. The van der Waals surface area contributed by atoms with Crippen LogP contribution in [0.15, 0.2) is 93.4 Å². The van der Waals surface area contributed by atoms with Gasteiger partial charge in [0.2, 0.25) is 0 Å². The van der Waals surface area contributed by atoms with E-state index in [4.69, 9.17) is 0 Å². The van der Waals surface area contributed by atoms with Crippen LogP contribution in [0.3, 0.4) is 0 Å². The van der Waals surface area contributed by atoms with E-state index in [0.717, 1.165) is 10.9 Å². The number of aromatic nitrogens is 1. The van der Waals surface area contributed by atoms with Gasteiger partial charge in [0.05, 0.1) is 26.8 Å². The molecule has 0 radical (unpaired) electrons. The summed E-state index contributed by atoms with van der Waals surface area (Å²) >= 11 is 3.12. The van der Waals surface area contributed by atoms with Crippen molar-refractivity contribution in [1.29, 1.82) is 0 Å². The lowest BCUT2D eigenvalue weighted by Gasteiger charge is -2.07. The molecule has 0 amide bonds. The average molecular weight is 490 g/mol. The number of phenols is 1. The molecular formula is C23H16BrN5O3. The fraction of sp³-hybridized carbons (Fsp3) is 0. The van der Waals surface area contributed by atoms with Gasteiger partial charge in [-0.1, -0.05) is 42.5 Å². The van der Waals surface area contributed by atoms with E-state index in [-0.39, 0.29) is 21.5 Å². The lowest BCUT2D eigenvalue weighted by molar-refractivity contribution is -0.385. The molecule has 32 heavy (non-hydrogen) atoms. The first kappa shape index (κ1) is 21.1. The van der Waals surface area contributed by atoms with E-state index < -0.39 is 4.92 Å². The van der Waals surface area contributed by atoms with Crippen molar-refractivity contribution in [2.24, 2.45) is 10.1 Å². The number of nitrogens with one attached hydrogen (secondary N) is 1. The second-order valence-electron chi connectivity index (χ2n) is 6.68. The zero-order chi connectivity index (χ0) is 22.5. The molecule has 0 saturated carbocycles. The maximum absolute atomic E-state index is 11.1. The van der Waals surface area contributed by atoms with Crippen LogP contribution in [0.2, 0.25) is 0 Å². The van der Waals surface area contributed by atoms with Crippen LogP contribution in [0, 0.1) is 10.1 Å². The Morgan fingerprint density at radius 3 is 2.59 bits per heavy atom. The lowest BCUT2D eigenvalue weighted by atomic mass is 10.2. The minimum Gasteiger partial charge on any atom is -0.506 e. The first-order valence-corrected chi connectivity index (χ1v) is 10.3. The first-order chi connectivity index (χ1) is 15.5. The summed E-state index contributed by atoms with van der Waals surface area (Å²) in [6.07, 6.45) is 1.29. The van der Waals surface area contributed by atoms with Gasteiger partial charge in [0.25, 0.3) is 5.69 Å². The Bertz CT molecular complexity index is 1360. The lowest BCUT2D eigenvalue weighted by Crippen LogP contribution is -2.20. The zero-order valence-corrected chi connectivity index (χ0v) is 18.1. The molecule has 0 aliphatic heterocycles. The van der Waals surface area contributed by atoms with Crippen LogP contribution >= 0.6 is 15.9 Å². The van der Waals surface area contributed by atoms with Crippen LogP contribution in [0.5, 0.6) is 5.75 Å². The minimum atomic E-state index is -0.545. The summed E-state index contributed by atoms with van der Waals surface area (Å²) in [5, 5.41) is 26.5.